The number of anilines is 1. The van der Waals surface area contributed by atoms with Crippen LogP contribution in [0.15, 0.2) is 18.2 Å². The van der Waals surface area contributed by atoms with Crippen molar-refractivity contribution in [3.05, 3.63) is 28.8 Å². The van der Waals surface area contributed by atoms with Gasteiger partial charge in [0.25, 0.3) is 0 Å². The lowest BCUT2D eigenvalue weighted by molar-refractivity contribution is -0.137. The van der Waals surface area contributed by atoms with Crippen LogP contribution in [0.25, 0.3) is 0 Å². The lowest BCUT2D eigenvalue weighted by Crippen LogP contribution is -2.48. The highest BCUT2D eigenvalue weighted by Gasteiger charge is 2.34. The summed E-state index contributed by atoms with van der Waals surface area (Å²) in [5.74, 6) is -1.36. The largest absolute Gasteiger partial charge is 0.418 e. The molecule has 0 aliphatic carbocycles. The molecule has 136 valence electrons. The van der Waals surface area contributed by atoms with Gasteiger partial charge in [-0.3, -0.25) is 14.4 Å². The average Bonchev–Trinajstić information content (AvgIpc) is 2.55. The first kappa shape index (κ1) is 19.0. The number of carbonyl (C=O) groups excluding carboxylic acids is 3. The zero-order chi connectivity index (χ0) is 18.6. The first-order chi connectivity index (χ1) is 11.7. The van der Waals surface area contributed by atoms with Gasteiger partial charge in [-0.1, -0.05) is 11.6 Å². The lowest BCUT2D eigenvalue weighted by Gasteiger charge is -2.32. The smallest absolute Gasteiger partial charge is 0.342 e. The second-order valence-corrected chi connectivity index (χ2v) is 5.87. The van der Waals surface area contributed by atoms with Crippen molar-refractivity contribution in [3.8, 4) is 0 Å². The van der Waals surface area contributed by atoms with E-state index >= 15 is 0 Å². The number of hydrogen-bond donors (Lipinski definition) is 1. The fraction of sp³-hybridized carbons (Fsp3) is 0.400. The molecule has 1 heterocycles. The zero-order valence-electron chi connectivity index (χ0n) is 13.0. The van der Waals surface area contributed by atoms with Gasteiger partial charge in [0.15, 0.2) is 0 Å². The Hall–Kier alpha value is -2.29. The predicted octanol–water partition coefficient (Wildman–Crippen LogP) is 1.99. The Labute approximate surface area is 146 Å². The molecule has 0 saturated carbocycles. The molecular weight excluding hydrogens is 363 g/mol. The molecule has 3 amide bonds. The van der Waals surface area contributed by atoms with E-state index in [1.807, 2.05) is 0 Å². The molecule has 1 N–H and O–H groups in total. The van der Waals surface area contributed by atoms with Crippen LogP contribution in [-0.4, -0.2) is 54.2 Å². The van der Waals surface area contributed by atoms with Gasteiger partial charge < -0.3 is 15.1 Å². The third-order valence-electron chi connectivity index (χ3n) is 3.69. The summed E-state index contributed by atoms with van der Waals surface area (Å²) in [6.45, 7) is 1.26. The number of piperazine rings is 1. The van der Waals surface area contributed by atoms with Crippen molar-refractivity contribution >= 4 is 35.5 Å². The van der Waals surface area contributed by atoms with Crippen molar-refractivity contribution in [2.45, 2.75) is 12.6 Å². The quantitative estimate of drug-likeness (QED) is 0.644. The van der Waals surface area contributed by atoms with Gasteiger partial charge in [0, 0.05) is 31.2 Å². The molecule has 1 aliphatic rings. The van der Waals surface area contributed by atoms with Crippen LogP contribution in [0.4, 0.5) is 18.9 Å². The highest BCUT2D eigenvalue weighted by atomic mass is 35.5. The molecule has 10 heteroatoms. The van der Waals surface area contributed by atoms with Crippen LogP contribution >= 0.6 is 11.6 Å². The number of alkyl halides is 3. The van der Waals surface area contributed by atoms with Gasteiger partial charge in [-0.05, 0) is 18.2 Å². The molecule has 1 aliphatic heterocycles. The highest BCUT2D eigenvalue weighted by Crippen LogP contribution is 2.36. The normalized spacial score (nSPS) is 15.0. The van der Waals surface area contributed by atoms with Crippen molar-refractivity contribution in [3.63, 3.8) is 0 Å². The molecule has 0 spiro atoms. The van der Waals surface area contributed by atoms with Crippen molar-refractivity contribution < 1.29 is 27.6 Å². The Morgan fingerprint density at radius 3 is 2.40 bits per heavy atom. The van der Waals surface area contributed by atoms with Crippen molar-refractivity contribution in [1.82, 2.24) is 9.80 Å². The van der Waals surface area contributed by atoms with Crippen molar-refractivity contribution in [2.75, 3.05) is 31.5 Å². The van der Waals surface area contributed by atoms with Crippen LogP contribution in [0.5, 0.6) is 0 Å². The Morgan fingerprint density at radius 2 is 1.84 bits per heavy atom. The lowest BCUT2D eigenvalue weighted by atomic mass is 10.1. The molecule has 1 fully saturated rings. The van der Waals surface area contributed by atoms with Crippen LogP contribution in [0.2, 0.25) is 5.02 Å². The number of halogens is 4. The first-order valence-electron chi connectivity index (χ1n) is 7.34. The fourth-order valence-corrected chi connectivity index (χ4v) is 2.55. The van der Waals surface area contributed by atoms with E-state index in [0.717, 1.165) is 6.07 Å². The summed E-state index contributed by atoms with van der Waals surface area (Å²) in [4.78, 5) is 37.5. The maximum absolute atomic E-state index is 13.0. The number of hydrogen-bond acceptors (Lipinski definition) is 3. The van der Waals surface area contributed by atoms with Crippen LogP contribution in [0.1, 0.15) is 12.0 Å². The van der Waals surface area contributed by atoms with Crippen LogP contribution in [0, 0.1) is 0 Å². The van der Waals surface area contributed by atoms with Gasteiger partial charge in [0.1, 0.15) is 6.42 Å². The Kier molecular flexibility index (Phi) is 5.89. The van der Waals surface area contributed by atoms with E-state index < -0.39 is 35.7 Å². The van der Waals surface area contributed by atoms with Crippen molar-refractivity contribution in [1.29, 1.82) is 0 Å². The van der Waals surface area contributed by atoms with E-state index in [4.69, 9.17) is 11.6 Å². The summed E-state index contributed by atoms with van der Waals surface area (Å²) in [5, 5.41) is 1.99. The first-order valence-corrected chi connectivity index (χ1v) is 7.72. The van der Waals surface area contributed by atoms with Gasteiger partial charge in [-0.15, -0.1) is 0 Å². The molecule has 1 saturated heterocycles. The summed E-state index contributed by atoms with van der Waals surface area (Å²) in [7, 11) is 0. The number of rotatable bonds is 4. The third-order valence-corrected chi connectivity index (χ3v) is 3.92. The molecular formula is C15H15ClF3N3O3. The number of amides is 3. The number of nitrogens with one attached hydrogen (secondary N) is 1. The topological polar surface area (TPSA) is 69.7 Å². The molecule has 0 unspecified atom stereocenters. The van der Waals surface area contributed by atoms with Crippen molar-refractivity contribution in [2.24, 2.45) is 0 Å². The van der Waals surface area contributed by atoms with Gasteiger partial charge in [-0.2, -0.15) is 13.2 Å². The monoisotopic (exact) mass is 377 g/mol. The van der Waals surface area contributed by atoms with Gasteiger partial charge >= 0.3 is 6.18 Å². The summed E-state index contributed by atoms with van der Waals surface area (Å²) in [6.07, 6.45) is -4.60. The fourth-order valence-electron chi connectivity index (χ4n) is 2.38. The maximum Gasteiger partial charge on any atom is 0.418 e. The average molecular weight is 378 g/mol. The molecule has 0 aromatic heterocycles. The van der Waals surface area contributed by atoms with Gasteiger partial charge in [0.05, 0.1) is 11.3 Å². The van der Waals surface area contributed by atoms with E-state index in [-0.39, 0.29) is 18.1 Å². The molecule has 1 aromatic carbocycles. The summed E-state index contributed by atoms with van der Waals surface area (Å²) >= 11 is 5.57. The molecule has 25 heavy (non-hydrogen) atoms. The second kappa shape index (κ2) is 7.73. The third kappa shape index (κ3) is 5.09. The summed E-state index contributed by atoms with van der Waals surface area (Å²) in [5.41, 5.74) is -1.54. The maximum atomic E-state index is 13.0. The number of benzene rings is 1. The van der Waals surface area contributed by atoms with E-state index in [1.165, 1.54) is 15.9 Å². The minimum atomic E-state index is -4.69. The van der Waals surface area contributed by atoms with E-state index in [0.29, 0.717) is 25.6 Å². The Bertz CT molecular complexity index is 674. The second-order valence-electron chi connectivity index (χ2n) is 5.43. The summed E-state index contributed by atoms with van der Waals surface area (Å²) in [6, 6.07) is 2.96. The highest BCUT2D eigenvalue weighted by molar-refractivity contribution is 6.30. The van der Waals surface area contributed by atoms with E-state index in [2.05, 4.69) is 5.32 Å². The van der Waals surface area contributed by atoms with Gasteiger partial charge in [-0.25, -0.2) is 0 Å². The molecule has 0 atom stereocenters. The zero-order valence-corrected chi connectivity index (χ0v) is 13.7. The van der Waals surface area contributed by atoms with E-state index in [9.17, 15) is 27.6 Å². The minimum absolute atomic E-state index is 0.116. The molecule has 0 bridgehead atoms. The summed E-state index contributed by atoms with van der Waals surface area (Å²) < 4.78 is 39.0. The molecule has 0 radical (unpaired) electrons. The minimum Gasteiger partial charge on any atom is -0.342 e. The standard InChI is InChI=1S/C15H15ClF3N3O3/c16-10-1-2-12(11(7-10)15(17,18)19)20-13(24)8-14(25)22-5-3-21(9-23)4-6-22/h1-2,7,9H,3-6,8H2,(H,20,24). The van der Waals surface area contributed by atoms with Crippen LogP contribution < -0.4 is 5.32 Å². The SMILES string of the molecule is O=CN1CCN(C(=O)CC(=O)Nc2ccc(Cl)cc2C(F)(F)F)CC1. The number of nitrogens with zero attached hydrogens (tertiary/aromatic N) is 2. The molecule has 1 aromatic rings. The van der Waals surface area contributed by atoms with E-state index in [1.54, 1.807) is 0 Å². The Balaban J connectivity index is 1.99. The van der Waals surface area contributed by atoms with Crippen LogP contribution in [-0.2, 0) is 20.6 Å². The molecule has 2 rings (SSSR count). The Morgan fingerprint density at radius 1 is 1.20 bits per heavy atom. The number of carbonyl (C=O) groups is 3. The molecule has 6 nitrogen and oxygen atoms in total. The predicted molar refractivity (Wildman–Crippen MR) is 83.9 cm³/mol. The van der Waals surface area contributed by atoms with Gasteiger partial charge in [0.2, 0.25) is 18.2 Å². The van der Waals surface area contributed by atoms with Crippen LogP contribution in [0.3, 0.4) is 0 Å².